The van der Waals surface area contributed by atoms with E-state index in [0.29, 0.717) is 5.41 Å². The van der Waals surface area contributed by atoms with Gasteiger partial charge < -0.3 is 4.74 Å². The van der Waals surface area contributed by atoms with Gasteiger partial charge in [0, 0.05) is 31.1 Å². The lowest BCUT2D eigenvalue weighted by Gasteiger charge is -2.26. The minimum atomic E-state index is 0.505. The Balaban J connectivity index is 0. The van der Waals surface area contributed by atoms with Crippen molar-refractivity contribution in [3.8, 4) is 0 Å². The summed E-state index contributed by atoms with van der Waals surface area (Å²) >= 11 is 0. The van der Waals surface area contributed by atoms with Crippen molar-refractivity contribution in [1.82, 2.24) is 4.90 Å². The first-order chi connectivity index (χ1) is 10.1. The number of hydrogen-bond acceptors (Lipinski definition) is 4. The molecule has 0 aromatic rings. The first-order valence-electron chi connectivity index (χ1n) is 8.68. The maximum Gasteiger partial charge on any atom is 0.0594 e. The normalized spacial score (nSPS) is 15.6. The van der Waals surface area contributed by atoms with Crippen LogP contribution in [-0.2, 0) is 4.74 Å². The van der Waals surface area contributed by atoms with Crippen LogP contribution in [0.4, 0.5) is 0 Å². The third kappa shape index (κ3) is 15.3. The van der Waals surface area contributed by atoms with Crippen LogP contribution in [0.3, 0.4) is 0 Å². The number of nitrogens with zero attached hydrogens (tertiary/aromatic N) is 1. The SMILES string of the molecule is CC.CC.CCCC(C)(C)CSSCCN1CCOCC1. The molecule has 0 bridgehead atoms. The highest BCUT2D eigenvalue weighted by Gasteiger charge is 2.16. The molecule has 0 aromatic heterocycles. The van der Waals surface area contributed by atoms with E-state index in [2.05, 4.69) is 25.7 Å². The molecule has 0 aliphatic carbocycles. The predicted molar refractivity (Wildman–Crippen MR) is 104 cm³/mol. The second kappa shape index (κ2) is 17.0. The lowest BCUT2D eigenvalue weighted by atomic mass is 9.91. The molecule has 0 radical (unpaired) electrons. The molecule has 0 amide bonds. The van der Waals surface area contributed by atoms with E-state index < -0.39 is 0 Å². The highest BCUT2D eigenvalue weighted by molar-refractivity contribution is 8.76. The quantitative estimate of drug-likeness (QED) is 0.423. The molecule has 2 nitrogen and oxygen atoms in total. The highest BCUT2D eigenvalue weighted by atomic mass is 33.1. The summed E-state index contributed by atoms with van der Waals surface area (Å²) in [7, 11) is 4.08. The van der Waals surface area contributed by atoms with Crippen LogP contribution >= 0.6 is 21.6 Å². The smallest absolute Gasteiger partial charge is 0.0594 e. The van der Waals surface area contributed by atoms with Gasteiger partial charge in [0.2, 0.25) is 0 Å². The second-order valence-corrected chi connectivity index (χ2v) is 8.03. The van der Waals surface area contributed by atoms with Crippen molar-refractivity contribution >= 4 is 21.6 Å². The molecule has 1 aliphatic rings. The Labute approximate surface area is 142 Å². The van der Waals surface area contributed by atoms with Gasteiger partial charge in [0.25, 0.3) is 0 Å². The van der Waals surface area contributed by atoms with Crippen LogP contribution in [0.2, 0.25) is 0 Å². The summed E-state index contributed by atoms with van der Waals surface area (Å²) in [6.07, 6.45) is 2.63. The van der Waals surface area contributed by atoms with Crippen molar-refractivity contribution in [1.29, 1.82) is 0 Å². The minimum Gasteiger partial charge on any atom is -0.379 e. The van der Waals surface area contributed by atoms with E-state index >= 15 is 0 Å². The van der Waals surface area contributed by atoms with Crippen LogP contribution in [0.25, 0.3) is 0 Å². The summed E-state index contributed by atoms with van der Waals surface area (Å²) in [5.41, 5.74) is 0.505. The predicted octanol–water partition coefficient (Wildman–Crippen LogP) is 5.58. The van der Waals surface area contributed by atoms with Crippen LogP contribution in [0, 0.1) is 5.41 Å². The fraction of sp³-hybridized carbons (Fsp3) is 1.00. The van der Waals surface area contributed by atoms with Gasteiger partial charge >= 0.3 is 0 Å². The van der Waals surface area contributed by atoms with E-state index in [-0.39, 0.29) is 0 Å². The van der Waals surface area contributed by atoms with E-state index in [1.165, 1.54) is 30.9 Å². The molecule has 1 saturated heterocycles. The average Bonchev–Trinajstić information content (AvgIpc) is 2.52. The molecule has 0 saturated carbocycles. The van der Waals surface area contributed by atoms with Crippen molar-refractivity contribution in [2.45, 2.75) is 61.3 Å². The molecule has 1 heterocycles. The standard InChI is InChI=1S/C13H27NOS2.2C2H6/c1-4-5-13(2,3)12-17-16-11-8-14-6-9-15-10-7-14;2*1-2/h4-12H2,1-3H3;2*1-2H3. The van der Waals surface area contributed by atoms with Gasteiger partial charge in [-0.1, -0.05) is 76.5 Å². The Hall–Kier alpha value is 0.620. The molecular formula is C17H39NOS2. The fourth-order valence-electron chi connectivity index (χ4n) is 2.00. The first kappa shape index (κ1) is 23.9. The maximum atomic E-state index is 5.35. The van der Waals surface area contributed by atoms with Crippen LogP contribution < -0.4 is 0 Å². The molecule has 130 valence electrons. The van der Waals surface area contributed by atoms with Gasteiger partial charge in [-0.25, -0.2) is 0 Å². The molecule has 0 atom stereocenters. The molecule has 0 spiro atoms. The Kier molecular flexibility index (Phi) is 19.3. The Morgan fingerprint density at radius 3 is 2.10 bits per heavy atom. The van der Waals surface area contributed by atoms with Crippen molar-refractivity contribution in [3.63, 3.8) is 0 Å². The number of hydrogen-bond donors (Lipinski definition) is 0. The Bertz CT molecular complexity index is 195. The van der Waals surface area contributed by atoms with E-state index in [1.54, 1.807) is 0 Å². The average molecular weight is 338 g/mol. The third-order valence-corrected chi connectivity index (χ3v) is 5.82. The van der Waals surface area contributed by atoms with Gasteiger partial charge in [-0.3, -0.25) is 4.90 Å². The molecule has 0 N–H and O–H groups in total. The molecule has 21 heavy (non-hydrogen) atoms. The zero-order chi connectivity index (χ0) is 16.6. The highest BCUT2D eigenvalue weighted by Crippen LogP contribution is 2.33. The van der Waals surface area contributed by atoms with Gasteiger partial charge in [0.05, 0.1) is 13.2 Å². The van der Waals surface area contributed by atoms with Crippen molar-refractivity contribution in [3.05, 3.63) is 0 Å². The van der Waals surface area contributed by atoms with E-state index in [4.69, 9.17) is 4.74 Å². The van der Waals surface area contributed by atoms with E-state index in [1.807, 2.05) is 49.3 Å². The largest absolute Gasteiger partial charge is 0.379 e. The Morgan fingerprint density at radius 2 is 1.57 bits per heavy atom. The summed E-state index contributed by atoms with van der Waals surface area (Å²) in [5.74, 6) is 2.52. The molecule has 1 aliphatic heterocycles. The molecule has 0 unspecified atom stereocenters. The zero-order valence-electron chi connectivity index (χ0n) is 15.5. The Morgan fingerprint density at radius 1 is 1.00 bits per heavy atom. The first-order valence-corrected chi connectivity index (χ1v) is 11.2. The van der Waals surface area contributed by atoms with Gasteiger partial charge in [-0.2, -0.15) is 0 Å². The van der Waals surface area contributed by atoms with Crippen molar-refractivity contribution in [2.75, 3.05) is 44.4 Å². The van der Waals surface area contributed by atoms with E-state index in [9.17, 15) is 0 Å². The van der Waals surface area contributed by atoms with Crippen LogP contribution in [-0.4, -0.2) is 49.3 Å². The second-order valence-electron chi connectivity index (χ2n) is 5.45. The monoisotopic (exact) mass is 337 g/mol. The summed E-state index contributed by atoms with van der Waals surface area (Å²) < 4.78 is 5.35. The van der Waals surface area contributed by atoms with Crippen LogP contribution in [0.5, 0.6) is 0 Å². The summed E-state index contributed by atoms with van der Waals surface area (Å²) in [5, 5.41) is 0. The van der Waals surface area contributed by atoms with Crippen molar-refractivity contribution < 1.29 is 4.74 Å². The number of ether oxygens (including phenoxy) is 1. The summed E-state index contributed by atoms with van der Waals surface area (Å²) in [6.45, 7) is 20.3. The number of morpholine rings is 1. The van der Waals surface area contributed by atoms with Gasteiger partial charge in [-0.15, -0.1) is 0 Å². The van der Waals surface area contributed by atoms with Gasteiger partial charge in [-0.05, 0) is 11.8 Å². The maximum absolute atomic E-state index is 5.35. The van der Waals surface area contributed by atoms with Gasteiger partial charge in [0.15, 0.2) is 0 Å². The zero-order valence-corrected chi connectivity index (χ0v) is 17.2. The van der Waals surface area contributed by atoms with Crippen LogP contribution in [0.1, 0.15) is 61.3 Å². The molecule has 0 aromatic carbocycles. The summed E-state index contributed by atoms with van der Waals surface area (Å²) in [6, 6.07) is 0. The molecular weight excluding hydrogens is 298 g/mol. The van der Waals surface area contributed by atoms with Crippen LogP contribution in [0.15, 0.2) is 0 Å². The lowest BCUT2D eigenvalue weighted by Crippen LogP contribution is -2.37. The van der Waals surface area contributed by atoms with Gasteiger partial charge in [0.1, 0.15) is 0 Å². The molecule has 1 fully saturated rings. The van der Waals surface area contributed by atoms with E-state index in [0.717, 1.165) is 26.3 Å². The summed E-state index contributed by atoms with van der Waals surface area (Å²) in [4.78, 5) is 2.51. The minimum absolute atomic E-state index is 0.505. The lowest BCUT2D eigenvalue weighted by molar-refractivity contribution is 0.0410. The topological polar surface area (TPSA) is 12.5 Å². The number of rotatable bonds is 8. The van der Waals surface area contributed by atoms with Crippen molar-refractivity contribution in [2.24, 2.45) is 5.41 Å². The fourth-order valence-corrected chi connectivity index (χ4v) is 4.78. The molecule has 4 heteroatoms. The third-order valence-electron chi connectivity index (χ3n) is 3.05. The molecule has 1 rings (SSSR count).